The number of piperazine rings is 1. The Labute approximate surface area is 173 Å². The number of nitrogens with zero attached hydrogens (tertiary/aromatic N) is 5. The minimum Gasteiger partial charge on any atom is -0.365 e. The fraction of sp³-hybridized carbons (Fsp3) is 0.286. The molecule has 0 radical (unpaired) electrons. The molecule has 1 amide bonds. The number of pyridine rings is 1. The second-order valence-electron chi connectivity index (χ2n) is 7.02. The minimum atomic E-state index is -0.452. The first-order valence-corrected chi connectivity index (χ1v) is 9.80. The van der Waals surface area contributed by atoms with Crippen LogP contribution in [0.5, 0.6) is 0 Å². The highest BCUT2D eigenvalue weighted by Gasteiger charge is 2.27. The van der Waals surface area contributed by atoms with E-state index in [-0.39, 0.29) is 10.9 Å². The Morgan fingerprint density at radius 2 is 1.86 bits per heavy atom. The van der Waals surface area contributed by atoms with Gasteiger partial charge in [-0.25, -0.2) is 14.1 Å². The molecule has 150 valence electrons. The number of hydrogen-bond acceptors (Lipinski definition) is 4. The summed E-state index contributed by atoms with van der Waals surface area (Å²) in [6, 6.07) is 9.60. The quantitative estimate of drug-likeness (QED) is 0.657. The van der Waals surface area contributed by atoms with Crippen LogP contribution in [0.2, 0.25) is 5.02 Å². The summed E-state index contributed by atoms with van der Waals surface area (Å²) in [5, 5.41) is 4.80. The van der Waals surface area contributed by atoms with E-state index >= 15 is 0 Å². The Morgan fingerprint density at radius 1 is 1.10 bits per heavy atom. The maximum absolute atomic E-state index is 13.3. The smallest absolute Gasteiger partial charge is 0.255 e. The summed E-state index contributed by atoms with van der Waals surface area (Å²) in [5.74, 6) is 0.152. The molecular weight excluding hydrogens is 393 g/mol. The van der Waals surface area contributed by atoms with Crippen LogP contribution in [0.15, 0.2) is 42.6 Å². The van der Waals surface area contributed by atoms with Gasteiger partial charge in [-0.05, 0) is 44.2 Å². The summed E-state index contributed by atoms with van der Waals surface area (Å²) < 4.78 is 15.1. The molecule has 29 heavy (non-hydrogen) atoms. The molecule has 0 spiro atoms. The number of benzene rings is 1. The van der Waals surface area contributed by atoms with E-state index in [4.69, 9.17) is 11.6 Å². The summed E-state index contributed by atoms with van der Waals surface area (Å²) >= 11 is 6.06. The van der Waals surface area contributed by atoms with Crippen molar-refractivity contribution in [3.05, 3.63) is 70.4 Å². The predicted molar refractivity (Wildman–Crippen MR) is 110 cm³/mol. The summed E-state index contributed by atoms with van der Waals surface area (Å²) in [5.41, 5.74) is 3.34. The molecule has 1 fully saturated rings. The van der Waals surface area contributed by atoms with Crippen LogP contribution in [0.3, 0.4) is 0 Å². The number of amides is 1. The number of aromatic nitrogens is 3. The third-order valence-electron chi connectivity index (χ3n) is 5.16. The van der Waals surface area contributed by atoms with Crippen LogP contribution in [0.1, 0.15) is 21.7 Å². The van der Waals surface area contributed by atoms with Crippen LogP contribution in [0.25, 0.3) is 5.82 Å². The van der Waals surface area contributed by atoms with Gasteiger partial charge in [0.1, 0.15) is 5.82 Å². The molecule has 3 aromatic rings. The monoisotopic (exact) mass is 413 g/mol. The molecule has 1 aromatic carbocycles. The molecule has 0 aliphatic carbocycles. The van der Waals surface area contributed by atoms with E-state index in [1.165, 1.54) is 18.2 Å². The van der Waals surface area contributed by atoms with Crippen LogP contribution >= 0.6 is 11.6 Å². The molecule has 0 saturated carbocycles. The van der Waals surface area contributed by atoms with Crippen molar-refractivity contribution in [2.75, 3.05) is 31.1 Å². The molecule has 1 saturated heterocycles. The first kappa shape index (κ1) is 19.4. The van der Waals surface area contributed by atoms with Gasteiger partial charge < -0.3 is 9.80 Å². The van der Waals surface area contributed by atoms with Crippen LogP contribution in [-0.2, 0) is 0 Å². The van der Waals surface area contributed by atoms with Gasteiger partial charge in [-0.2, -0.15) is 5.10 Å². The zero-order chi connectivity index (χ0) is 20.5. The molecule has 3 heterocycles. The van der Waals surface area contributed by atoms with Crippen molar-refractivity contribution in [2.45, 2.75) is 13.8 Å². The zero-order valence-corrected chi connectivity index (χ0v) is 17.0. The second kappa shape index (κ2) is 7.83. The number of rotatable bonds is 3. The standard InChI is InChI=1S/C21H21ClFN5O/c1-14-20(15(2)28(25-14)19-5-3-4-8-24-19)26-9-11-27(12-10-26)21(29)17-7-6-16(23)13-18(17)22/h3-8,13H,9-12H2,1-2H3. The first-order valence-electron chi connectivity index (χ1n) is 9.42. The zero-order valence-electron chi connectivity index (χ0n) is 16.3. The maximum atomic E-state index is 13.3. The third-order valence-corrected chi connectivity index (χ3v) is 5.48. The Morgan fingerprint density at radius 3 is 2.52 bits per heavy atom. The van der Waals surface area contributed by atoms with Crippen LogP contribution in [0.4, 0.5) is 10.1 Å². The molecule has 0 atom stereocenters. The summed E-state index contributed by atoms with van der Waals surface area (Å²) in [6.45, 7) is 6.48. The average molecular weight is 414 g/mol. The van der Waals surface area contributed by atoms with Gasteiger partial charge in [-0.1, -0.05) is 17.7 Å². The highest BCUT2D eigenvalue weighted by atomic mass is 35.5. The van der Waals surface area contributed by atoms with Gasteiger partial charge in [-0.15, -0.1) is 0 Å². The van der Waals surface area contributed by atoms with E-state index in [0.717, 1.165) is 22.9 Å². The van der Waals surface area contributed by atoms with Crippen molar-refractivity contribution in [1.29, 1.82) is 0 Å². The highest BCUT2D eigenvalue weighted by molar-refractivity contribution is 6.33. The molecule has 1 aliphatic rings. The third kappa shape index (κ3) is 3.70. The van der Waals surface area contributed by atoms with Crippen molar-refractivity contribution in [3.63, 3.8) is 0 Å². The van der Waals surface area contributed by atoms with Gasteiger partial charge in [-0.3, -0.25) is 4.79 Å². The van der Waals surface area contributed by atoms with Crippen LogP contribution in [-0.4, -0.2) is 51.8 Å². The van der Waals surface area contributed by atoms with Crippen molar-refractivity contribution in [3.8, 4) is 5.82 Å². The van der Waals surface area contributed by atoms with Gasteiger partial charge >= 0.3 is 0 Å². The Bertz CT molecular complexity index is 1040. The molecule has 1 aliphatic heterocycles. The van der Waals surface area contributed by atoms with Gasteiger partial charge in [0.05, 0.1) is 27.7 Å². The summed E-state index contributed by atoms with van der Waals surface area (Å²) in [7, 11) is 0. The van der Waals surface area contributed by atoms with Crippen molar-refractivity contribution in [1.82, 2.24) is 19.7 Å². The Kier molecular flexibility index (Phi) is 5.24. The lowest BCUT2D eigenvalue weighted by atomic mass is 10.1. The number of halogens is 2. The van der Waals surface area contributed by atoms with E-state index < -0.39 is 5.82 Å². The van der Waals surface area contributed by atoms with E-state index in [2.05, 4.69) is 15.0 Å². The first-order chi connectivity index (χ1) is 14.0. The number of hydrogen-bond donors (Lipinski definition) is 0. The van der Waals surface area contributed by atoms with E-state index in [9.17, 15) is 9.18 Å². The Balaban J connectivity index is 1.50. The lowest BCUT2D eigenvalue weighted by molar-refractivity contribution is 0.0747. The number of anilines is 1. The molecule has 0 bridgehead atoms. The van der Waals surface area contributed by atoms with Gasteiger partial charge in [0.25, 0.3) is 5.91 Å². The predicted octanol–water partition coefficient (Wildman–Crippen LogP) is 3.64. The number of carbonyl (C=O) groups is 1. The summed E-state index contributed by atoms with van der Waals surface area (Å²) in [4.78, 5) is 21.2. The van der Waals surface area contributed by atoms with Gasteiger partial charge in [0, 0.05) is 32.4 Å². The fourth-order valence-electron chi connectivity index (χ4n) is 3.76. The SMILES string of the molecule is Cc1nn(-c2ccccn2)c(C)c1N1CCN(C(=O)c2ccc(F)cc2Cl)CC1. The fourth-order valence-corrected chi connectivity index (χ4v) is 4.01. The van der Waals surface area contributed by atoms with Crippen molar-refractivity contribution >= 4 is 23.2 Å². The second-order valence-corrected chi connectivity index (χ2v) is 7.43. The lowest BCUT2D eigenvalue weighted by Crippen LogP contribution is -2.49. The van der Waals surface area contributed by atoms with Crippen molar-refractivity contribution < 1.29 is 9.18 Å². The van der Waals surface area contributed by atoms with Gasteiger partial charge in [0.15, 0.2) is 5.82 Å². The van der Waals surface area contributed by atoms with Gasteiger partial charge in [0.2, 0.25) is 0 Å². The molecule has 0 N–H and O–H groups in total. The Hall–Kier alpha value is -2.93. The normalized spacial score (nSPS) is 14.3. The molecule has 4 rings (SSSR count). The largest absolute Gasteiger partial charge is 0.365 e. The van der Waals surface area contributed by atoms with Crippen molar-refractivity contribution in [2.24, 2.45) is 0 Å². The molecule has 6 nitrogen and oxygen atoms in total. The topological polar surface area (TPSA) is 54.3 Å². The highest BCUT2D eigenvalue weighted by Crippen LogP contribution is 2.28. The van der Waals surface area contributed by atoms with E-state index in [1.54, 1.807) is 11.1 Å². The number of aryl methyl sites for hydroxylation is 1. The van der Waals surface area contributed by atoms with E-state index in [0.29, 0.717) is 31.7 Å². The minimum absolute atomic E-state index is 0.140. The van der Waals surface area contributed by atoms with Crippen LogP contribution in [0, 0.1) is 19.7 Å². The van der Waals surface area contributed by atoms with E-state index in [1.807, 2.05) is 36.7 Å². The summed E-state index contributed by atoms with van der Waals surface area (Å²) in [6.07, 6.45) is 1.75. The van der Waals surface area contributed by atoms with Crippen LogP contribution < -0.4 is 4.90 Å². The molecule has 0 unspecified atom stereocenters. The number of carbonyl (C=O) groups excluding carboxylic acids is 1. The maximum Gasteiger partial charge on any atom is 0.255 e. The molecule has 8 heteroatoms. The molecular formula is C21H21ClFN5O. The lowest BCUT2D eigenvalue weighted by Gasteiger charge is -2.36. The average Bonchev–Trinajstić information content (AvgIpc) is 3.02. The molecule has 2 aromatic heterocycles.